The highest BCUT2D eigenvalue weighted by atomic mass is 16.5. The van der Waals surface area contributed by atoms with Gasteiger partial charge in [-0.05, 0) is 53.4 Å². The van der Waals surface area contributed by atoms with Gasteiger partial charge in [0.1, 0.15) is 0 Å². The van der Waals surface area contributed by atoms with Crippen LogP contribution >= 0.6 is 0 Å². The van der Waals surface area contributed by atoms with Crippen molar-refractivity contribution in [3.63, 3.8) is 0 Å². The van der Waals surface area contributed by atoms with Crippen molar-refractivity contribution in [3.05, 3.63) is 0 Å². The van der Waals surface area contributed by atoms with Crippen LogP contribution in [0.15, 0.2) is 0 Å². The van der Waals surface area contributed by atoms with Crippen LogP contribution in [0.25, 0.3) is 0 Å². The van der Waals surface area contributed by atoms with Gasteiger partial charge in [0.05, 0.1) is 12.7 Å². The van der Waals surface area contributed by atoms with Crippen molar-refractivity contribution in [2.24, 2.45) is 5.73 Å². The van der Waals surface area contributed by atoms with Crippen molar-refractivity contribution < 1.29 is 4.74 Å². The van der Waals surface area contributed by atoms with Gasteiger partial charge in [-0.25, -0.2) is 0 Å². The molecule has 0 aromatic carbocycles. The van der Waals surface area contributed by atoms with E-state index in [1.54, 1.807) is 0 Å². The minimum Gasteiger partial charge on any atom is -0.377 e. The molecule has 0 amide bonds. The smallest absolute Gasteiger partial charge is 0.0597 e. The summed E-state index contributed by atoms with van der Waals surface area (Å²) in [7, 11) is 2.19. The Morgan fingerprint density at radius 2 is 1.94 bits per heavy atom. The molecule has 108 valence electrons. The van der Waals surface area contributed by atoms with Gasteiger partial charge >= 0.3 is 0 Å². The fraction of sp³-hybridized carbons (Fsp3) is 1.00. The van der Waals surface area contributed by atoms with Crippen molar-refractivity contribution in [1.29, 1.82) is 0 Å². The van der Waals surface area contributed by atoms with Gasteiger partial charge in [-0.1, -0.05) is 6.92 Å². The summed E-state index contributed by atoms with van der Waals surface area (Å²) < 4.78 is 5.64. The number of nitrogens with zero attached hydrogens (tertiary/aromatic N) is 2. The summed E-state index contributed by atoms with van der Waals surface area (Å²) in [5.74, 6) is 0. The first-order valence-electron chi connectivity index (χ1n) is 7.29. The summed E-state index contributed by atoms with van der Waals surface area (Å²) in [6.07, 6.45) is 2.67. The number of hydrogen-bond acceptors (Lipinski definition) is 4. The van der Waals surface area contributed by atoms with Crippen molar-refractivity contribution in [1.82, 2.24) is 9.80 Å². The molecule has 0 saturated carbocycles. The summed E-state index contributed by atoms with van der Waals surface area (Å²) >= 11 is 0. The largest absolute Gasteiger partial charge is 0.377 e. The van der Waals surface area contributed by atoms with E-state index in [9.17, 15) is 0 Å². The maximum absolute atomic E-state index is 6.06. The van der Waals surface area contributed by atoms with E-state index in [1.807, 2.05) is 0 Å². The molecule has 1 aliphatic rings. The molecule has 1 aliphatic heterocycles. The van der Waals surface area contributed by atoms with Crippen LogP contribution in [0.2, 0.25) is 0 Å². The lowest BCUT2D eigenvalue weighted by molar-refractivity contribution is 0.00848. The molecule has 1 rings (SSSR count). The minimum atomic E-state index is 0.187. The van der Waals surface area contributed by atoms with Gasteiger partial charge in [-0.3, -0.25) is 4.90 Å². The van der Waals surface area contributed by atoms with E-state index in [0.29, 0.717) is 6.10 Å². The second-order valence-corrected chi connectivity index (χ2v) is 5.70. The van der Waals surface area contributed by atoms with Crippen LogP contribution in [0.5, 0.6) is 0 Å². The molecule has 0 unspecified atom stereocenters. The van der Waals surface area contributed by atoms with E-state index in [2.05, 4.69) is 37.6 Å². The number of nitrogens with two attached hydrogens (primary N) is 1. The number of likely N-dealkylation sites (tertiary alicyclic amines) is 1. The van der Waals surface area contributed by atoms with Gasteiger partial charge in [0, 0.05) is 18.6 Å². The molecule has 1 saturated heterocycles. The van der Waals surface area contributed by atoms with Gasteiger partial charge in [-0.15, -0.1) is 0 Å². The van der Waals surface area contributed by atoms with E-state index in [0.717, 1.165) is 26.2 Å². The lowest BCUT2D eigenvalue weighted by Gasteiger charge is -2.47. The first-order valence-corrected chi connectivity index (χ1v) is 7.29. The highest BCUT2D eigenvalue weighted by Crippen LogP contribution is 2.26. The second kappa shape index (κ2) is 7.43. The van der Waals surface area contributed by atoms with Crippen LogP contribution in [-0.2, 0) is 4.74 Å². The second-order valence-electron chi connectivity index (χ2n) is 5.70. The van der Waals surface area contributed by atoms with Crippen molar-refractivity contribution in [2.45, 2.75) is 45.3 Å². The lowest BCUT2D eigenvalue weighted by atomic mass is 9.86. The zero-order chi connectivity index (χ0) is 13.6. The lowest BCUT2D eigenvalue weighted by Crippen LogP contribution is -2.58. The molecule has 1 heterocycles. The van der Waals surface area contributed by atoms with Gasteiger partial charge in [0.2, 0.25) is 0 Å². The Labute approximate surface area is 112 Å². The van der Waals surface area contributed by atoms with Crippen LogP contribution < -0.4 is 5.73 Å². The fourth-order valence-electron chi connectivity index (χ4n) is 2.69. The van der Waals surface area contributed by atoms with Crippen molar-refractivity contribution in [3.8, 4) is 0 Å². The van der Waals surface area contributed by atoms with E-state index in [4.69, 9.17) is 10.5 Å². The number of piperidine rings is 1. The summed E-state index contributed by atoms with van der Waals surface area (Å²) in [5.41, 5.74) is 6.24. The summed E-state index contributed by atoms with van der Waals surface area (Å²) in [6, 6.07) is 0. The van der Waals surface area contributed by atoms with Gasteiger partial charge in [0.25, 0.3) is 0 Å². The highest BCUT2D eigenvalue weighted by molar-refractivity contribution is 4.95. The van der Waals surface area contributed by atoms with Crippen molar-refractivity contribution >= 4 is 0 Å². The SMILES string of the molecule is CCN1CCC(CN)(N(C)CCOC(C)C)CC1. The van der Waals surface area contributed by atoms with Gasteiger partial charge in [-0.2, -0.15) is 0 Å². The van der Waals surface area contributed by atoms with Crippen LogP contribution in [0.1, 0.15) is 33.6 Å². The predicted molar refractivity (Wildman–Crippen MR) is 76.9 cm³/mol. The molecule has 1 fully saturated rings. The Hall–Kier alpha value is -0.160. The molecule has 4 nitrogen and oxygen atoms in total. The third-order valence-electron chi connectivity index (χ3n) is 4.30. The van der Waals surface area contributed by atoms with Crippen molar-refractivity contribution in [2.75, 3.05) is 46.4 Å². The number of rotatable bonds is 7. The van der Waals surface area contributed by atoms with Crippen LogP contribution in [0, 0.1) is 0 Å². The first kappa shape index (κ1) is 15.9. The molecular weight excluding hydrogens is 226 g/mol. The minimum absolute atomic E-state index is 0.187. The molecule has 0 radical (unpaired) electrons. The quantitative estimate of drug-likeness (QED) is 0.743. The molecule has 2 N–H and O–H groups in total. The van der Waals surface area contributed by atoms with Gasteiger partial charge < -0.3 is 15.4 Å². The van der Waals surface area contributed by atoms with E-state index in [1.165, 1.54) is 25.9 Å². The van der Waals surface area contributed by atoms with E-state index >= 15 is 0 Å². The highest BCUT2D eigenvalue weighted by Gasteiger charge is 2.36. The Morgan fingerprint density at radius 3 is 2.39 bits per heavy atom. The molecule has 0 aliphatic carbocycles. The Kier molecular flexibility index (Phi) is 6.57. The van der Waals surface area contributed by atoms with Crippen LogP contribution in [0.3, 0.4) is 0 Å². The zero-order valence-corrected chi connectivity index (χ0v) is 12.6. The summed E-state index contributed by atoms with van der Waals surface area (Å²) in [5, 5.41) is 0. The van der Waals surface area contributed by atoms with Gasteiger partial charge in [0.15, 0.2) is 0 Å². The molecule has 4 heteroatoms. The number of hydrogen-bond donors (Lipinski definition) is 1. The standard InChI is InChI=1S/C14H31N3O/c1-5-17-8-6-14(12-15,7-9-17)16(4)10-11-18-13(2)3/h13H,5-12,15H2,1-4H3. The number of ether oxygens (including phenoxy) is 1. The van der Waals surface area contributed by atoms with E-state index < -0.39 is 0 Å². The Bertz CT molecular complexity index is 225. The molecule has 0 aromatic heterocycles. The molecular formula is C14H31N3O. The molecule has 0 aromatic rings. The zero-order valence-electron chi connectivity index (χ0n) is 12.6. The normalized spacial score (nSPS) is 20.8. The predicted octanol–water partition coefficient (Wildman–Crippen LogP) is 1.16. The number of likely N-dealkylation sites (N-methyl/N-ethyl adjacent to an activating group) is 1. The first-order chi connectivity index (χ1) is 8.54. The maximum Gasteiger partial charge on any atom is 0.0597 e. The molecule has 0 bridgehead atoms. The topological polar surface area (TPSA) is 41.7 Å². The maximum atomic E-state index is 6.06. The Balaban J connectivity index is 2.44. The third-order valence-corrected chi connectivity index (χ3v) is 4.30. The van der Waals surface area contributed by atoms with E-state index in [-0.39, 0.29) is 5.54 Å². The Morgan fingerprint density at radius 1 is 1.33 bits per heavy atom. The summed E-state index contributed by atoms with van der Waals surface area (Å²) in [6.45, 7) is 12.4. The van der Waals surface area contributed by atoms with Crippen LogP contribution in [0.4, 0.5) is 0 Å². The average molecular weight is 257 g/mol. The monoisotopic (exact) mass is 257 g/mol. The molecule has 0 spiro atoms. The summed E-state index contributed by atoms with van der Waals surface area (Å²) in [4.78, 5) is 4.93. The fourth-order valence-corrected chi connectivity index (χ4v) is 2.69. The third kappa shape index (κ3) is 4.19. The molecule has 0 atom stereocenters. The average Bonchev–Trinajstić information content (AvgIpc) is 2.38. The molecule has 18 heavy (non-hydrogen) atoms. The van der Waals surface area contributed by atoms with Crippen LogP contribution in [-0.4, -0.2) is 67.8 Å².